The Balaban J connectivity index is 3.36. The number of nitrogens with zero attached hydrogens (tertiary/aromatic N) is 2. The molecule has 17 heavy (non-hydrogen) atoms. The zero-order valence-corrected chi connectivity index (χ0v) is 8.75. The van der Waals surface area contributed by atoms with Crippen molar-refractivity contribution in [2.45, 2.75) is 6.18 Å². The van der Waals surface area contributed by atoms with Crippen molar-refractivity contribution in [2.24, 2.45) is 10.7 Å². The second-order valence-electron chi connectivity index (χ2n) is 3.01. The minimum atomic E-state index is -4.49. The predicted octanol–water partition coefficient (Wildman–Crippen LogP) is 1.90. The topological polar surface area (TPSA) is 71.4 Å². The number of amidine groups is 1. The molecular weight excluding hydrogens is 235 g/mol. The van der Waals surface area contributed by atoms with Crippen LogP contribution in [0.25, 0.3) is 0 Å². The van der Waals surface area contributed by atoms with Gasteiger partial charge >= 0.3 is 6.18 Å². The molecule has 0 aromatic heterocycles. The van der Waals surface area contributed by atoms with Crippen LogP contribution in [-0.4, -0.2) is 12.9 Å². The van der Waals surface area contributed by atoms with Crippen LogP contribution < -0.4 is 10.5 Å². The van der Waals surface area contributed by atoms with Crippen molar-refractivity contribution in [3.05, 3.63) is 29.3 Å². The predicted molar refractivity (Wildman–Crippen MR) is 54.3 cm³/mol. The minimum Gasteiger partial charge on any atom is -0.496 e. The largest absolute Gasteiger partial charge is 0.496 e. The van der Waals surface area contributed by atoms with Crippen LogP contribution in [0.15, 0.2) is 23.2 Å². The maximum atomic E-state index is 12.5. The van der Waals surface area contributed by atoms with Crippen LogP contribution in [0.4, 0.5) is 13.2 Å². The molecule has 0 amide bonds. The molecule has 0 saturated carbocycles. The summed E-state index contributed by atoms with van der Waals surface area (Å²) >= 11 is 0. The van der Waals surface area contributed by atoms with Crippen molar-refractivity contribution in [1.29, 1.82) is 5.26 Å². The molecule has 1 aromatic carbocycles. The molecular formula is C10H8F3N3O. The molecule has 1 rings (SSSR count). The summed E-state index contributed by atoms with van der Waals surface area (Å²) in [6.07, 6.45) is -3.09. The number of hydrogen-bond donors (Lipinski definition) is 1. The third-order valence-electron chi connectivity index (χ3n) is 1.97. The molecule has 2 N–H and O–H groups in total. The number of aliphatic imine (C=N–C) groups is 1. The van der Waals surface area contributed by atoms with Gasteiger partial charge < -0.3 is 10.5 Å². The Bertz CT molecular complexity index is 489. The fraction of sp³-hybridized carbons (Fsp3) is 0.200. The van der Waals surface area contributed by atoms with Crippen molar-refractivity contribution in [3.63, 3.8) is 0 Å². The lowest BCUT2D eigenvalue weighted by atomic mass is 10.1. The number of rotatable bonds is 2. The number of halogens is 3. The van der Waals surface area contributed by atoms with Crippen LogP contribution >= 0.6 is 0 Å². The van der Waals surface area contributed by atoms with Gasteiger partial charge in [-0.1, -0.05) is 0 Å². The minimum absolute atomic E-state index is 0.0659. The Morgan fingerprint density at radius 3 is 2.59 bits per heavy atom. The number of benzene rings is 1. The van der Waals surface area contributed by atoms with Crippen molar-refractivity contribution in [2.75, 3.05) is 7.11 Å². The second-order valence-corrected chi connectivity index (χ2v) is 3.01. The molecule has 0 atom stereocenters. The number of alkyl halides is 3. The fourth-order valence-corrected chi connectivity index (χ4v) is 1.20. The van der Waals surface area contributed by atoms with E-state index in [1.807, 2.05) is 0 Å². The lowest BCUT2D eigenvalue weighted by Crippen LogP contribution is -2.16. The van der Waals surface area contributed by atoms with E-state index in [0.717, 1.165) is 18.2 Å². The molecule has 0 aliphatic rings. The molecule has 0 unspecified atom stereocenters. The number of ether oxygens (including phenoxy) is 1. The van der Waals surface area contributed by atoms with Crippen LogP contribution in [0.1, 0.15) is 11.1 Å². The number of nitrogens with two attached hydrogens (primary N) is 1. The molecule has 0 radical (unpaired) electrons. The molecule has 0 bridgehead atoms. The van der Waals surface area contributed by atoms with Crippen LogP contribution in [0.5, 0.6) is 5.75 Å². The van der Waals surface area contributed by atoms with Crippen LogP contribution in [0, 0.1) is 11.5 Å². The van der Waals surface area contributed by atoms with Gasteiger partial charge in [-0.25, -0.2) is 0 Å². The van der Waals surface area contributed by atoms with Gasteiger partial charge in [0.25, 0.3) is 0 Å². The van der Waals surface area contributed by atoms with Crippen LogP contribution in [0.3, 0.4) is 0 Å². The molecule has 4 nitrogen and oxygen atoms in total. The average molecular weight is 243 g/mol. The van der Waals surface area contributed by atoms with Crippen molar-refractivity contribution < 1.29 is 17.9 Å². The molecule has 0 fully saturated rings. The number of nitriles is 1. The van der Waals surface area contributed by atoms with Crippen molar-refractivity contribution in [1.82, 2.24) is 0 Å². The van der Waals surface area contributed by atoms with Gasteiger partial charge in [-0.2, -0.15) is 23.4 Å². The molecule has 1 aromatic rings. The molecule has 0 aliphatic carbocycles. The van der Waals surface area contributed by atoms with Gasteiger partial charge in [0.1, 0.15) is 11.6 Å². The summed E-state index contributed by atoms with van der Waals surface area (Å²) in [5.74, 6) is -0.204. The Morgan fingerprint density at radius 1 is 1.47 bits per heavy atom. The summed E-state index contributed by atoms with van der Waals surface area (Å²) in [7, 11) is 1.28. The third-order valence-corrected chi connectivity index (χ3v) is 1.97. The summed E-state index contributed by atoms with van der Waals surface area (Å²) in [6, 6.07) is 2.77. The van der Waals surface area contributed by atoms with Gasteiger partial charge in [0, 0.05) is 0 Å². The van der Waals surface area contributed by atoms with Crippen molar-refractivity contribution >= 4 is 5.84 Å². The highest BCUT2D eigenvalue weighted by molar-refractivity contribution is 6.00. The van der Waals surface area contributed by atoms with E-state index in [2.05, 4.69) is 4.99 Å². The molecule has 0 saturated heterocycles. The maximum Gasteiger partial charge on any atom is 0.416 e. The fourth-order valence-electron chi connectivity index (χ4n) is 1.20. The van der Waals surface area contributed by atoms with Crippen molar-refractivity contribution in [3.8, 4) is 11.9 Å². The highest BCUT2D eigenvalue weighted by atomic mass is 19.4. The molecule has 90 valence electrons. The lowest BCUT2D eigenvalue weighted by molar-refractivity contribution is -0.137. The van der Waals surface area contributed by atoms with E-state index in [9.17, 15) is 13.2 Å². The molecule has 7 heteroatoms. The second kappa shape index (κ2) is 4.74. The highest BCUT2D eigenvalue weighted by Crippen LogP contribution is 2.32. The first-order valence-electron chi connectivity index (χ1n) is 4.38. The van der Waals surface area contributed by atoms with E-state index in [-0.39, 0.29) is 17.1 Å². The van der Waals surface area contributed by atoms with Crippen LogP contribution in [0.2, 0.25) is 0 Å². The monoisotopic (exact) mass is 243 g/mol. The van der Waals surface area contributed by atoms with Gasteiger partial charge in [0.2, 0.25) is 6.19 Å². The van der Waals surface area contributed by atoms with Crippen LogP contribution in [-0.2, 0) is 6.18 Å². The van der Waals surface area contributed by atoms with E-state index in [4.69, 9.17) is 15.7 Å². The summed E-state index contributed by atoms with van der Waals surface area (Å²) in [4.78, 5) is 3.18. The molecule has 0 heterocycles. The normalized spacial score (nSPS) is 12.1. The Morgan fingerprint density at radius 2 is 2.12 bits per heavy atom. The summed E-state index contributed by atoms with van der Waals surface area (Å²) in [5.41, 5.74) is 4.42. The summed E-state index contributed by atoms with van der Waals surface area (Å²) < 4.78 is 42.2. The van der Waals surface area contributed by atoms with E-state index < -0.39 is 11.7 Å². The van der Waals surface area contributed by atoms with Gasteiger partial charge in [-0.15, -0.1) is 0 Å². The van der Waals surface area contributed by atoms with Gasteiger partial charge in [0.05, 0.1) is 18.2 Å². The highest BCUT2D eigenvalue weighted by Gasteiger charge is 2.31. The summed E-state index contributed by atoms with van der Waals surface area (Å²) in [5, 5.41) is 8.31. The average Bonchev–Trinajstić information content (AvgIpc) is 2.27. The Hall–Kier alpha value is -2.23. The quantitative estimate of drug-likeness (QED) is 0.490. The van der Waals surface area contributed by atoms with Gasteiger partial charge in [0.15, 0.2) is 0 Å². The van der Waals surface area contributed by atoms with E-state index in [1.54, 1.807) is 0 Å². The number of hydrogen-bond acceptors (Lipinski definition) is 3. The molecule has 0 spiro atoms. The zero-order valence-electron chi connectivity index (χ0n) is 8.75. The SMILES string of the molecule is COc1ccc(C(F)(F)F)cc1/C(N)=N/C#N. The summed E-state index contributed by atoms with van der Waals surface area (Å²) in [6.45, 7) is 0. The van der Waals surface area contributed by atoms with Gasteiger partial charge in [-0.05, 0) is 18.2 Å². The zero-order chi connectivity index (χ0) is 13.1. The van der Waals surface area contributed by atoms with Gasteiger partial charge in [-0.3, -0.25) is 0 Å². The standard InChI is InChI=1S/C10H8F3N3O/c1-17-8-3-2-6(10(11,12)13)4-7(8)9(15)16-5-14/h2-4H,1H3,(H2,15,16). The first-order valence-corrected chi connectivity index (χ1v) is 4.38. The Kier molecular flexibility index (Phi) is 3.58. The first-order chi connectivity index (χ1) is 7.90. The smallest absolute Gasteiger partial charge is 0.416 e. The van der Waals surface area contributed by atoms with E-state index >= 15 is 0 Å². The number of methoxy groups -OCH3 is 1. The van der Waals surface area contributed by atoms with E-state index in [0.29, 0.717) is 0 Å². The lowest BCUT2D eigenvalue weighted by Gasteiger charge is -2.11. The maximum absolute atomic E-state index is 12.5. The first kappa shape index (κ1) is 12.8. The molecule has 0 aliphatic heterocycles. The van der Waals surface area contributed by atoms with E-state index in [1.165, 1.54) is 13.3 Å². The third kappa shape index (κ3) is 2.87. The Labute approximate surface area is 95.1 Å².